The Kier molecular flexibility index (Phi) is 3.87. The Morgan fingerprint density at radius 2 is 2.28 bits per heavy atom. The molecule has 1 atom stereocenters. The molecular formula is C14H20N2O2. The molecule has 1 fully saturated rings. The lowest BCUT2D eigenvalue weighted by atomic mass is 10.0. The summed E-state index contributed by atoms with van der Waals surface area (Å²) in [7, 11) is 1.68. The predicted octanol–water partition coefficient (Wildman–Crippen LogP) is 1.50. The maximum atomic E-state index is 11.5. The van der Waals surface area contributed by atoms with E-state index in [1.165, 1.54) is 5.56 Å². The van der Waals surface area contributed by atoms with E-state index in [0.717, 1.165) is 24.4 Å². The minimum absolute atomic E-state index is 0.133. The fraction of sp³-hybridized carbons (Fsp3) is 0.500. The van der Waals surface area contributed by atoms with E-state index >= 15 is 0 Å². The molecule has 4 heteroatoms. The third-order valence-corrected chi connectivity index (χ3v) is 3.38. The Hall–Kier alpha value is -1.55. The van der Waals surface area contributed by atoms with E-state index in [0.29, 0.717) is 6.54 Å². The van der Waals surface area contributed by atoms with Gasteiger partial charge in [-0.15, -0.1) is 0 Å². The van der Waals surface area contributed by atoms with Crippen LogP contribution in [0, 0.1) is 6.92 Å². The molecule has 1 aliphatic rings. The topological polar surface area (TPSA) is 41.6 Å². The molecular weight excluding hydrogens is 228 g/mol. The van der Waals surface area contributed by atoms with Crippen molar-refractivity contribution in [2.75, 3.05) is 26.7 Å². The molecule has 1 N–H and O–H groups in total. The van der Waals surface area contributed by atoms with E-state index in [4.69, 9.17) is 4.74 Å². The molecule has 1 heterocycles. The lowest BCUT2D eigenvalue weighted by molar-refractivity contribution is -0.130. The number of carbonyl (C=O) groups is 1. The monoisotopic (exact) mass is 248 g/mol. The molecule has 1 saturated heterocycles. The number of rotatable bonds is 2. The number of ether oxygens (including phenoxy) is 1. The van der Waals surface area contributed by atoms with Crippen molar-refractivity contribution in [3.05, 3.63) is 29.3 Å². The number of benzene rings is 1. The van der Waals surface area contributed by atoms with Gasteiger partial charge in [0.05, 0.1) is 13.2 Å². The van der Waals surface area contributed by atoms with Crippen LogP contribution in [-0.4, -0.2) is 37.6 Å². The number of nitrogens with one attached hydrogen (secondary N) is 1. The summed E-state index contributed by atoms with van der Waals surface area (Å²) in [5.74, 6) is 1.01. The summed E-state index contributed by atoms with van der Waals surface area (Å²) in [5.41, 5.74) is 2.33. The molecule has 18 heavy (non-hydrogen) atoms. The molecule has 1 amide bonds. The van der Waals surface area contributed by atoms with Gasteiger partial charge >= 0.3 is 0 Å². The molecule has 0 radical (unpaired) electrons. The largest absolute Gasteiger partial charge is 0.496 e. The van der Waals surface area contributed by atoms with Crippen LogP contribution in [0.25, 0.3) is 0 Å². The van der Waals surface area contributed by atoms with Crippen molar-refractivity contribution < 1.29 is 9.53 Å². The number of aryl methyl sites for hydroxylation is 1. The second-order valence-corrected chi connectivity index (χ2v) is 4.72. The molecule has 0 bridgehead atoms. The van der Waals surface area contributed by atoms with Gasteiger partial charge in [-0.1, -0.05) is 17.7 Å². The minimum atomic E-state index is 0.133. The van der Waals surface area contributed by atoms with Gasteiger partial charge in [-0.2, -0.15) is 0 Å². The summed E-state index contributed by atoms with van der Waals surface area (Å²) in [4.78, 5) is 13.3. The van der Waals surface area contributed by atoms with Crippen molar-refractivity contribution in [1.82, 2.24) is 10.2 Å². The van der Waals surface area contributed by atoms with Crippen LogP contribution in [0.3, 0.4) is 0 Å². The van der Waals surface area contributed by atoms with Crippen molar-refractivity contribution in [1.29, 1.82) is 0 Å². The van der Waals surface area contributed by atoms with E-state index < -0.39 is 0 Å². The second kappa shape index (κ2) is 5.40. The van der Waals surface area contributed by atoms with Crippen LogP contribution in [0.1, 0.15) is 24.1 Å². The number of hydrogen-bond donors (Lipinski definition) is 1. The van der Waals surface area contributed by atoms with E-state index in [1.54, 1.807) is 14.0 Å². The average molecular weight is 248 g/mol. The number of amides is 1. The predicted molar refractivity (Wildman–Crippen MR) is 70.7 cm³/mol. The van der Waals surface area contributed by atoms with Crippen molar-refractivity contribution in [3.8, 4) is 5.75 Å². The summed E-state index contributed by atoms with van der Waals surface area (Å²) < 4.78 is 5.41. The number of hydrogen-bond acceptors (Lipinski definition) is 3. The normalized spacial score (nSPS) is 19.7. The zero-order chi connectivity index (χ0) is 13.1. The number of piperazine rings is 1. The highest BCUT2D eigenvalue weighted by atomic mass is 16.5. The lowest BCUT2D eigenvalue weighted by Crippen LogP contribution is -2.47. The third-order valence-electron chi connectivity index (χ3n) is 3.38. The molecule has 4 nitrogen and oxygen atoms in total. The summed E-state index contributed by atoms with van der Waals surface area (Å²) in [6.07, 6.45) is 0. The van der Waals surface area contributed by atoms with Crippen LogP contribution in [0.4, 0.5) is 0 Å². The molecule has 1 aliphatic heterocycles. The summed E-state index contributed by atoms with van der Waals surface area (Å²) >= 11 is 0. The maximum Gasteiger partial charge on any atom is 0.219 e. The number of carbonyl (C=O) groups excluding carboxylic acids is 1. The Labute approximate surface area is 108 Å². The first-order valence-corrected chi connectivity index (χ1v) is 6.25. The van der Waals surface area contributed by atoms with E-state index in [2.05, 4.69) is 18.3 Å². The summed E-state index contributed by atoms with van der Waals surface area (Å²) in [6, 6.07) is 6.30. The molecule has 2 rings (SSSR count). The Bertz CT molecular complexity index is 445. The molecule has 1 unspecified atom stereocenters. The van der Waals surface area contributed by atoms with E-state index in [1.807, 2.05) is 17.0 Å². The fourth-order valence-electron chi connectivity index (χ4n) is 2.37. The Balaban J connectivity index is 2.25. The van der Waals surface area contributed by atoms with Crippen molar-refractivity contribution in [2.24, 2.45) is 0 Å². The minimum Gasteiger partial charge on any atom is -0.496 e. The fourth-order valence-corrected chi connectivity index (χ4v) is 2.37. The highest BCUT2D eigenvalue weighted by Crippen LogP contribution is 2.28. The Morgan fingerprint density at radius 3 is 2.94 bits per heavy atom. The van der Waals surface area contributed by atoms with Crippen molar-refractivity contribution >= 4 is 5.91 Å². The first-order chi connectivity index (χ1) is 8.61. The van der Waals surface area contributed by atoms with Gasteiger partial charge in [0.15, 0.2) is 0 Å². The van der Waals surface area contributed by atoms with Gasteiger partial charge < -0.3 is 15.0 Å². The van der Waals surface area contributed by atoms with Crippen molar-refractivity contribution in [3.63, 3.8) is 0 Å². The lowest BCUT2D eigenvalue weighted by Gasteiger charge is -2.34. The molecule has 0 aromatic heterocycles. The van der Waals surface area contributed by atoms with E-state index in [-0.39, 0.29) is 11.9 Å². The molecule has 98 valence electrons. The molecule has 0 aliphatic carbocycles. The van der Waals surface area contributed by atoms with Gasteiger partial charge in [0.1, 0.15) is 5.75 Å². The summed E-state index contributed by atoms with van der Waals surface area (Å²) in [5, 5.41) is 3.45. The average Bonchev–Trinajstić information content (AvgIpc) is 2.39. The number of nitrogens with zero attached hydrogens (tertiary/aromatic N) is 1. The van der Waals surface area contributed by atoms with Crippen LogP contribution >= 0.6 is 0 Å². The highest BCUT2D eigenvalue weighted by molar-refractivity contribution is 5.73. The van der Waals surface area contributed by atoms with Crippen LogP contribution in [0.5, 0.6) is 5.75 Å². The number of methoxy groups -OCH3 is 1. The van der Waals surface area contributed by atoms with Crippen molar-refractivity contribution in [2.45, 2.75) is 19.9 Å². The van der Waals surface area contributed by atoms with Crippen LogP contribution in [0.2, 0.25) is 0 Å². The third kappa shape index (κ3) is 2.64. The van der Waals surface area contributed by atoms with Gasteiger partial charge in [0, 0.05) is 32.1 Å². The van der Waals surface area contributed by atoms with Crippen LogP contribution < -0.4 is 10.1 Å². The zero-order valence-electron chi connectivity index (χ0n) is 11.2. The van der Waals surface area contributed by atoms with Gasteiger partial charge in [0.25, 0.3) is 0 Å². The van der Waals surface area contributed by atoms with Gasteiger partial charge in [-0.05, 0) is 13.0 Å². The molecule has 0 saturated carbocycles. The molecule has 0 spiro atoms. The Morgan fingerprint density at radius 1 is 1.50 bits per heavy atom. The van der Waals surface area contributed by atoms with Crippen LogP contribution in [-0.2, 0) is 4.79 Å². The quantitative estimate of drug-likeness (QED) is 0.862. The van der Waals surface area contributed by atoms with Gasteiger partial charge in [0.2, 0.25) is 5.91 Å². The first-order valence-electron chi connectivity index (χ1n) is 6.25. The maximum absolute atomic E-state index is 11.5. The first kappa shape index (κ1) is 12.9. The smallest absolute Gasteiger partial charge is 0.219 e. The van der Waals surface area contributed by atoms with Gasteiger partial charge in [-0.25, -0.2) is 0 Å². The molecule has 1 aromatic carbocycles. The summed E-state index contributed by atoms with van der Waals surface area (Å²) in [6.45, 7) is 5.99. The van der Waals surface area contributed by atoms with Gasteiger partial charge in [-0.3, -0.25) is 4.79 Å². The second-order valence-electron chi connectivity index (χ2n) is 4.72. The standard InChI is InChI=1S/C14H20N2O2/c1-10-4-5-14(18-3)12(8-10)13-9-16(11(2)17)7-6-15-13/h4-5,8,13,15H,6-7,9H2,1-3H3. The highest BCUT2D eigenvalue weighted by Gasteiger charge is 2.24. The molecule has 1 aromatic rings. The van der Waals surface area contributed by atoms with E-state index in [9.17, 15) is 4.79 Å². The SMILES string of the molecule is COc1ccc(C)cc1C1CN(C(C)=O)CCN1. The van der Waals surface area contributed by atoms with Crippen LogP contribution in [0.15, 0.2) is 18.2 Å². The zero-order valence-corrected chi connectivity index (χ0v) is 11.2.